The molecule has 460 valence electrons. The number of nitrogens with one attached hydrogen (secondary N) is 7. The van der Waals surface area contributed by atoms with Crippen LogP contribution in [0.2, 0.25) is 0 Å². The molecule has 3 fully saturated rings. The van der Waals surface area contributed by atoms with Crippen LogP contribution in [0.1, 0.15) is 164 Å². The predicted octanol–water partition coefficient (Wildman–Crippen LogP) is 6.60. The Morgan fingerprint density at radius 2 is 1.07 bits per heavy atom. The number of nitrogens with zero attached hydrogens (tertiary/aromatic N) is 1. The summed E-state index contributed by atoms with van der Waals surface area (Å²) in [5.41, 5.74) is 0.302. The summed E-state index contributed by atoms with van der Waals surface area (Å²) in [5.74, 6) is 0.728. The van der Waals surface area contributed by atoms with Crippen molar-refractivity contribution < 1.29 is 52.9 Å². The van der Waals surface area contributed by atoms with Crippen molar-refractivity contribution in [2.75, 3.05) is 68.6 Å². The predicted molar refractivity (Wildman–Crippen MR) is 329 cm³/mol. The lowest BCUT2D eigenvalue weighted by molar-refractivity contribution is -0.144. The summed E-state index contributed by atoms with van der Waals surface area (Å²) in [4.78, 5) is 102. The van der Waals surface area contributed by atoms with E-state index >= 15 is 0 Å². The Bertz CT molecular complexity index is 2170. The van der Waals surface area contributed by atoms with Crippen molar-refractivity contribution >= 4 is 94.4 Å². The number of thioether (sulfide) groups is 4. The van der Waals surface area contributed by atoms with Gasteiger partial charge in [0.05, 0.1) is 26.0 Å². The topological polar surface area (TPSA) is 263 Å². The second kappa shape index (κ2) is 35.4. The van der Waals surface area contributed by atoms with Crippen molar-refractivity contribution in [2.45, 2.75) is 203 Å². The molecule has 81 heavy (non-hydrogen) atoms. The van der Waals surface area contributed by atoms with Crippen LogP contribution in [-0.2, 0) is 47.8 Å². The number of phenols is 1. The molecule has 19 nitrogen and oxygen atoms in total. The first kappa shape index (κ1) is 71.4. The van der Waals surface area contributed by atoms with E-state index in [0.717, 1.165) is 69.8 Å². The van der Waals surface area contributed by atoms with Crippen molar-refractivity contribution in [3.05, 3.63) is 29.8 Å². The zero-order valence-electron chi connectivity index (χ0n) is 50.4. The fourth-order valence-corrected chi connectivity index (χ4v) is 13.9. The number of ether oxygens (including phenoxy) is 2. The second-order valence-electron chi connectivity index (χ2n) is 23.7. The lowest BCUT2D eigenvalue weighted by Gasteiger charge is -2.41. The summed E-state index contributed by atoms with van der Waals surface area (Å²) >= 11 is 6.30. The third-order valence-corrected chi connectivity index (χ3v) is 19.4. The molecule has 0 bridgehead atoms. The average molecular weight is 1210 g/mol. The maximum atomic E-state index is 13.9. The molecule has 1 saturated heterocycles. The number of hydrogen-bond acceptors (Lipinski definition) is 17. The molecule has 0 aromatic heterocycles. The molecular formula is C58H98N8O11S4. The van der Waals surface area contributed by atoms with Gasteiger partial charge < -0.3 is 46.1 Å². The molecule has 1 heterocycles. The summed E-state index contributed by atoms with van der Waals surface area (Å²) in [5, 5.41) is 31.6. The fraction of sp³-hybridized carbons (Fsp3) is 0.759. The van der Waals surface area contributed by atoms with E-state index in [1.807, 2.05) is 6.92 Å². The lowest BCUT2D eigenvalue weighted by atomic mass is 9.78. The zero-order chi connectivity index (χ0) is 60.4. The van der Waals surface area contributed by atoms with Crippen LogP contribution in [0.4, 0.5) is 0 Å². The molecule has 6 amide bonds. The van der Waals surface area contributed by atoms with Crippen LogP contribution in [0.5, 0.6) is 5.75 Å². The standard InChI is InChI=1S/C35H55N5O7S2.C23H43N3O4S2/c1-23(41)37-22-48-20-28(38-32(45)30-27(14-19-40(30)24(2)42)25-10-12-26(43)13-11-25)31(44)36-18-17-35(15-8-7-9-16-35)39-29(33(46)47-6)21-49-34(3,4)5;1-17(14-31-16-25-18(2)27)20(28)24-13-12-23(10-8-7-9-11-23)26-19(21(29)30-6)15-32-22(3,4)5/h10-13,27-30,39,43H,7-9,14-22H2,1-6H3,(H,36,44)(H,37,41)(H,38,45);17,19,26H,7-16H2,1-6H3,(H,24,28)(H,25,27). The number of hydrogen-bond donors (Lipinski definition) is 8. The lowest BCUT2D eigenvalue weighted by Crippen LogP contribution is -2.58. The highest BCUT2D eigenvalue weighted by atomic mass is 32.2. The molecule has 1 aromatic carbocycles. The van der Waals surface area contributed by atoms with E-state index in [4.69, 9.17) is 9.47 Å². The second-order valence-corrected chi connectivity index (χ2v) is 29.4. The van der Waals surface area contributed by atoms with Gasteiger partial charge in [-0.2, -0.15) is 23.5 Å². The van der Waals surface area contributed by atoms with Gasteiger partial charge in [0.1, 0.15) is 29.9 Å². The van der Waals surface area contributed by atoms with Crippen LogP contribution in [0.15, 0.2) is 24.3 Å². The van der Waals surface area contributed by atoms with E-state index in [2.05, 4.69) is 78.8 Å². The number of phenolic OH excluding ortho intramolecular Hbond substituents is 1. The Morgan fingerprint density at radius 3 is 1.49 bits per heavy atom. The molecule has 23 heteroatoms. The third kappa shape index (κ3) is 26.7. The van der Waals surface area contributed by atoms with Crippen LogP contribution in [0, 0.1) is 5.92 Å². The maximum Gasteiger partial charge on any atom is 0.323 e. The Labute approximate surface area is 500 Å². The van der Waals surface area contributed by atoms with Gasteiger partial charge in [0, 0.05) is 95.8 Å². The minimum atomic E-state index is -0.928. The zero-order valence-corrected chi connectivity index (χ0v) is 53.7. The van der Waals surface area contributed by atoms with E-state index in [-0.39, 0.29) is 97.3 Å². The first-order chi connectivity index (χ1) is 38.1. The van der Waals surface area contributed by atoms with Gasteiger partial charge in [-0.05, 0) is 62.6 Å². The highest BCUT2D eigenvalue weighted by Crippen LogP contribution is 2.37. The average Bonchev–Trinajstić information content (AvgIpc) is 3.93. The largest absolute Gasteiger partial charge is 0.508 e. The fourth-order valence-electron chi connectivity index (χ4n) is 10.3. The Kier molecular flexibility index (Phi) is 31.2. The van der Waals surface area contributed by atoms with Gasteiger partial charge in [-0.15, -0.1) is 23.5 Å². The van der Waals surface area contributed by atoms with Crippen LogP contribution in [0.25, 0.3) is 0 Å². The molecule has 2 aliphatic carbocycles. The molecule has 6 atom stereocenters. The third-order valence-electron chi connectivity index (χ3n) is 14.7. The number of amides is 6. The molecule has 2 saturated carbocycles. The van der Waals surface area contributed by atoms with Gasteiger partial charge in [-0.3, -0.25) is 49.0 Å². The van der Waals surface area contributed by atoms with Crippen molar-refractivity contribution in [1.82, 2.24) is 42.1 Å². The quantitative estimate of drug-likeness (QED) is 0.0239. The van der Waals surface area contributed by atoms with Gasteiger partial charge in [-0.1, -0.05) is 99.1 Å². The minimum Gasteiger partial charge on any atom is -0.508 e. The van der Waals surface area contributed by atoms with Crippen LogP contribution < -0.4 is 37.2 Å². The number of likely N-dealkylation sites (tertiary alicyclic amines) is 1. The molecule has 0 spiro atoms. The molecule has 1 aliphatic heterocycles. The molecular weight excluding hydrogens is 1110 g/mol. The molecule has 3 aliphatic rings. The number of aromatic hydroxyl groups is 1. The van der Waals surface area contributed by atoms with Crippen LogP contribution in [-0.4, -0.2) is 171 Å². The van der Waals surface area contributed by atoms with Crippen molar-refractivity contribution in [2.24, 2.45) is 5.92 Å². The van der Waals surface area contributed by atoms with E-state index in [1.54, 1.807) is 59.6 Å². The maximum absolute atomic E-state index is 13.9. The first-order valence-corrected chi connectivity index (χ1v) is 33.0. The summed E-state index contributed by atoms with van der Waals surface area (Å²) < 4.78 is 10.3. The number of methoxy groups -OCH3 is 2. The van der Waals surface area contributed by atoms with Crippen LogP contribution in [0.3, 0.4) is 0 Å². The number of rotatable bonds is 29. The summed E-state index contributed by atoms with van der Waals surface area (Å²) in [6.45, 7) is 20.3. The van der Waals surface area contributed by atoms with Gasteiger partial charge in [0.2, 0.25) is 35.4 Å². The highest BCUT2D eigenvalue weighted by Gasteiger charge is 2.43. The molecule has 1 aromatic rings. The van der Waals surface area contributed by atoms with Gasteiger partial charge in [0.25, 0.3) is 0 Å². The number of carbonyl (C=O) groups is 8. The van der Waals surface area contributed by atoms with E-state index < -0.39 is 24.0 Å². The Morgan fingerprint density at radius 1 is 0.630 bits per heavy atom. The molecule has 0 radical (unpaired) electrons. The number of benzene rings is 1. The van der Waals surface area contributed by atoms with E-state index in [1.165, 1.54) is 58.1 Å². The summed E-state index contributed by atoms with van der Waals surface area (Å²) in [6, 6.07) is 4.01. The van der Waals surface area contributed by atoms with Crippen molar-refractivity contribution in [3.8, 4) is 5.75 Å². The monoisotopic (exact) mass is 1210 g/mol. The van der Waals surface area contributed by atoms with Crippen molar-refractivity contribution in [3.63, 3.8) is 0 Å². The normalized spacial score (nSPS) is 19.2. The number of carbonyl (C=O) groups excluding carboxylic acids is 8. The first-order valence-electron chi connectivity index (χ1n) is 28.7. The van der Waals surface area contributed by atoms with Gasteiger partial charge in [-0.25, -0.2) is 0 Å². The van der Waals surface area contributed by atoms with Gasteiger partial charge >= 0.3 is 11.9 Å². The smallest absolute Gasteiger partial charge is 0.323 e. The highest BCUT2D eigenvalue weighted by molar-refractivity contribution is 8.01. The molecule has 4 rings (SSSR count). The van der Waals surface area contributed by atoms with E-state index in [9.17, 15) is 43.5 Å². The van der Waals surface area contributed by atoms with E-state index in [0.29, 0.717) is 55.6 Å². The Balaban J connectivity index is 0.000000466. The SMILES string of the molecule is COC(=O)C(CSC(C)(C)C)NC1(CCNC(=O)C(C)CSCNC(C)=O)CCCCC1.COC(=O)C(CSC(C)(C)C)NC1(CCNC(=O)C(CSCNC(C)=O)NC(=O)C2C(c3ccc(O)cc3)CCN2C(C)=O)CCCCC1. The summed E-state index contributed by atoms with van der Waals surface area (Å²) in [7, 11) is 2.84. The van der Waals surface area contributed by atoms with Crippen LogP contribution >= 0.6 is 47.0 Å². The molecule has 8 N–H and O–H groups in total. The summed E-state index contributed by atoms with van der Waals surface area (Å²) in [6.07, 6.45) is 12.3. The molecule has 6 unspecified atom stereocenters. The number of esters is 2. The van der Waals surface area contributed by atoms with Gasteiger partial charge in [0.15, 0.2) is 0 Å². The minimum absolute atomic E-state index is 0.0247. The Hall–Kier alpha value is -3.90. The van der Waals surface area contributed by atoms with Crippen molar-refractivity contribution in [1.29, 1.82) is 0 Å².